The van der Waals surface area contributed by atoms with Crippen LogP contribution in [0.3, 0.4) is 0 Å². The SMILES string of the molecule is COC(=O)c1c[nH]c2nc(-c3ccccc3)c(-c3cc(Cl)c4ncccc4c3)cc2c1=O. The maximum atomic E-state index is 13.0. The average molecular weight is 442 g/mol. The largest absolute Gasteiger partial charge is 0.465 e. The molecule has 0 saturated carbocycles. The lowest BCUT2D eigenvalue weighted by molar-refractivity contribution is 0.0599. The summed E-state index contributed by atoms with van der Waals surface area (Å²) in [5, 5.41) is 1.64. The summed E-state index contributed by atoms with van der Waals surface area (Å²) in [6.45, 7) is 0. The zero-order valence-corrected chi connectivity index (χ0v) is 17.7. The van der Waals surface area contributed by atoms with Gasteiger partial charge in [-0.25, -0.2) is 9.78 Å². The molecule has 0 spiro atoms. The molecule has 0 atom stereocenters. The number of benzene rings is 2. The first-order valence-electron chi connectivity index (χ1n) is 9.81. The minimum Gasteiger partial charge on any atom is -0.465 e. The van der Waals surface area contributed by atoms with Crippen LogP contribution < -0.4 is 5.43 Å². The zero-order valence-electron chi connectivity index (χ0n) is 16.9. The van der Waals surface area contributed by atoms with Gasteiger partial charge in [-0.05, 0) is 29.8 Å². The number of esters is 1. The van der Waals surface area contributed by atoms with E-state index in [1.165, 1.54) is 13.3 Å². The van der Waals surface area contributed by atoms with Crippen molar-refractivity contribution in [3.05, 3.63) is 93.9 Å². The molecule has 0 saturated heterocycles. The normalized spacial score (nSPS) is 11.1. The lowest BCUT2D eigenvalue weighted by atomic mass is 9.96. The predicted octanol–water partition coefficient (Wildman–Crippen LogP) is 5.25. The molecule has 0 aliphatic heterocycles. The number of rotatable bonds is 3. The quantitative estimate of drug-likeness (QED) is 0.387. The molecule has 32 heavy (non-hydrogen) atoms. The van der Waals surface area contributed by atoms with Crippen LogP contribution in [-0.4, -0.2) is 28.0 Å². The molecule has 2 aromatic carbocycles. The van der Waals surface area contributed by atoms with E-state index in [9.17, 15) is 9.59 Å². The van der Waals surface area contributed by atoms with Crippen LogP contribution in [0.1, 0.15) is 10.4 Å². The van der Waals surface area contributed by atoms with E-state index in [-0.39, 0.29) is 10.9 Å². The van der Waals surface area contributed by atoms with Crippen molar-refractivity contribution in [3.8, 4) is 22.4 Å². The second-order valence-corrected chi connectivity index (χ2v) is 7.61. The lowest BCUT2D eigenvalue weighted by Gasteiger charge is -2.13. The van der Waals surface area contributed by atoms with Crippen LogP contribution in [-0.2, 0) is 4.74 Å². The van der Waals surface area contributed by atoms with E-state index in [1.807, 2.05) is 54.6 Å². The van der Waals surface area contributed by atoms with E-state index in [4.69, 9.17) is 21.3 Å². The van der Waals surface area contributed by atoms with Gasteiger partial charge in [0, 0.05) is 28.9 Å². The highest BCUT2D eigenvalue weighted by Gasteiger charge is 2.18. The molecule has 5 rings (SSSR count). The van der Waals surface area contributed by atoms with Crippen molar-refractivity contribution in [3.63, 3.8) is 0 Å². The maximum absolute atomic E-state index is 13.0. The van der Waals surface area contributed by atoms with E-state index >= 15 is 0 Å². The van der Waals surface area contributed by atoms with Crippen LogP contribution in [0.15, 0.2) is 77.9 Å². The highest BCUT2D eigenvalue weighted by Crippen LogP contribution is 2.36. The summed E-state index contributed by atoms with van der Waals surface area (Å²) >= 11 is 6.53. The Kier molecular flexibility index (Phi) is 4.92. The van der Waals surface area contributed by atoms with Crippen molar-refractivity contribution in [1.82, 2.24) is 15.0 Å². The second-order valence-electron chi connectivity index (χ2n) is 7.20. The molecule has 6 nitrogen and oxygen atoms in total. The van der Waals surface area contributed by atoms with Gasteiger partial charge in [-0.15, -0.1) is 0 Å². The van der Waals surface area contributed by atoms with Crippen molar-refractivity contribution in [2.24, 2.45) is 0 Å². The topological polar surface area (TPSA) is 84.9 Å². The number of methoxy groups -OCH3 is 1. The first-order chi connectivity index (χ1) is 15.6. The molecule has 3 heterocycles. The molecule has 1 N–H and O–H groups in total. The fourth-order valence-electron chi connectivity index (χ4n) is 3.75. The molecular weight excluding hydrogens is 426 g/mol. The Bertz CT molecular complexity index is 1560. The number of aromatic amines is 1. The van der Waals surface area contributed by atoms with Gasteiger partial charge in [-0.1, -0.05) is 48.0 Å². The van der Waals surface area contributed by atoms with Crippen LogP contribution in [0.2, 0.25) is 5.02 Å². The first kappa shape index (κ1) is 19.9. The minimum absolute atomic E-state index is 0.0824. The van der Waals surface area contributed by atoms with Gasteiger partial charge in [-0.3, -0.25) is 9.78 Å². The Hall–Kier alpha value is -4.03. The number of carbonyl (C=O) groups excluding carboxylic acids is 1. The summed E-state index contributed by atoms with van der Waals surface area (Å²) in [5.74, 6) is -0.707. The summed E-state index contributed by atoms with van der Waals surface area (Å²) in [5.41, 5.74) is 3.59. The number of aromatic nitrogens is 3. The molecular formula is C25H16ClN3O3. The van der Waals surface area contributed by atoms with Gasteiger partial charge in [0.15, 0.2) is 0 Å². The van der Waals surface area contributed by atoms with Crippen molar-refractivity contribution in [1.29, 1.82) is 0 Å². The fourth-order valence-corrected chi connectivity index (χ4v) is 4.02. The Morgan fingerprint density at radius 2 is 1.84 bits per heavy atom. The summed E-state index contributed by atoms with van der Waals surface area (Å²) < 4.78 is 4.73. The van der Waals surface area contributed by atoms with Gasteiger partial charge in [0.1, 0.15) is 11.2 Å². The van der Waals surface area contributed by atoms with Crippen LogP contribution >= 0.6 is 11.6 Å². The number of pyridine rings is 3. The van der Waals surface area contributed by atoms with Crippen molar-refractivity contribution >= 4 is 39.5 Å². The molecule has 0 unspecified atom stereocenters. The van der Waals surface area contributed by atoms with E-state index in [1.54, 1.807) is 12.3 Å². The van der Waals surface area contributed by atoms with Gasteiger partial charge in [-0.2, -0.15) is 0 Å². The third kappa shape index (κ3) is 3.31. The molecule has 0 aliphatic rings. The molecule has 156 valence electrons. The molecule has 0 radical (unpaired) electrons. The Morgan fingerprint density at radius 1 is 1.03 bits per heavy atom. The number of hydrogen-bond donors (Lipinski definition) is 1. The first-order valence-corrected chi connectivity index (χ1v) is 10.2. The van der Waals surface area contributed by atoms with Gasteiger partial charge < -0.3 is 9.72 Å². The Morgan fingerprint density at radius 3 is 2.62 bits per heavy atom. The number of nitrogens with zero attached hydrogens (tertiary/aromatic N) is 2. The molecule has 0 fully saturated rings. The van der Waals surface area contributed by atoms with Crippen molar-refractivity contribution in [2.75, 3.05) is 7.11 Å². The monoisotopic (exact) mass is 441 g/mol. The van der Waals surface area contributed by atoms with Crippen LogP contribution in [0.25, 0.3) is 44.3 Å². The minimum atomic E-state index is -0.707. The lowest BCUT2D eigenvalue weighted by Crippen LogP contribution is -2.17. The molecule has 3 aromatic heterocycles. The van der Waals surface area contributed by atoms with E-state index in [0.29, 0.717) is 27.4 Å². The second kappa shape index (κ2) is 7.90. The standard InChI is InChI=1S/C25H16ClN3O3/c1-32-25(31)19-13-28-24-18(23(19)30)12-17(21(29-24)14-6-3-2-4-7-14)16-10-15-8-5-9-27-22(15)20(26)11-16/h2-13H,1H3,(H,28,29,30). The average Bonchev–Trinajstić information content (AvgIpc) is 2.83. The Labute approximate surface area is 187 Å². The van der Waals surface area contributed by atoms with Gasteiger partial charge in [0.2, 0.25) is 5.43 Å². The van der Waals surface area contributed by atoms with Gasteiger partial charge in [0.05, 0.1) is 28.7 Å². The molecule has 0 bridgehead atoms. The molecule has 5 aromatic rings. The number of hydrogen-bond acceptors (Lipinski definition) is 5. The molecule has 7 heteroatoms. The number of carbonyl (C=O) groups is 1. The van der Waals surface area contributed by atoms with Gasteiger partial charge in [0.25, 0.3) is 0 Å². The summed E-state index contributed by atoms with van der Waals surface area (Å²) in [7, 11) is 1.24. The zero-order chi connectivity index (χ0) is 22.2. The number of halogens is 1. The van der Waals surface area contributed by atoms with E-state index in [2.05, 4.69) is 9.97 Å². The summed E-state index contributed by atoms with van der Waals surface area (Å²) in [4.78, 5) is 37.1. The molecule has 0 amide bonds. The van der Waals surface area contributed by atoms with E-state index < -0.39 is 11.4 Å². The van der Waals surface area contributed by atoms with Crippen LogP contribution in [0.5, 0.6) is 0 Å². The maximum Gasteiger partial charge on any atom is 0.343 e. The van der Waals surface area contributed by atoms with E-state index in [0.717, 1.165) is 16.5 Å². The summed E-state index contributed by atoms with van der Waals surface area (Å²) in [6.07, 6.45) is 3.02. The number of H-pyrrole nitrogens is 1. The third-order valence-electron chi connectivity index (χ3n) is 5.29. The highest BCUT2D eigenvalue weighted by atomic mass is 35.5. The number of ether oxygens (including phenoxy) is 1. The van der Waals surface area contributed by atoms with Crippen LogP contribution in [0, 0.1) is 0 Å². The number of nitrogens with one attached hydrogen (secondary N) is 1. The number of fused-ring (bicyclic) bond motifs is 2. The smallest absolute Gasteiger partial charge is 0.343 e. The Balaban J connectivity index is 1.86. The predicted molar refractivity (Wildman–Crippen MR) is 125 cm³/mol. The third-order valence-corrected chi connectivity index (χ3v) is 5.58. The highest BCUT2D eigenvalue weighted by molar-refractivity contribution is 6.35. The van der Waals surface area contributed by atoms with Gasteiger partial charge >= 0.3 is 5.97 Å². The van der Waals surface area contributed by atoms with Crippen LogP contribution in [0.4, 0.5) is 0 Å². The van der Waals surface area contributed by atoms with Crippen molar-refractivity contribution < 1.29 is 9.53 Å². The molecule has 0 aliphatic carbocycles. The fraction of sp³-hybridized carbons (Fsp3) is 0.0400. The summed E-state index contributed by atoms with van der Waals surface area (Å²) in [6, 6.07) is 18.9. The van der Waals surface area contributed by atoms with Crippen molar-refractivity contribution in [2.45, 2.75) is 0 Å².